The van der Waals surface area contributed by atoms with Gasteiger partial charge in [0.05, 0.1) is 0 Å². The number of alkyl halides is 1. The molecule has 0 aliphatic carbocycles. The summed E-state index contributed by atoms with van der Waals surface area (Å²) in [5.41, 5.74) is 2.14. The molecule has 5 heteroatoms. The molecule has 0 amide bonds. The summed E-state index contributed by atoms with van der Waals surface area (Å²) < 4.78 is 0. The lowest BCUT2D eigenvalue weighted by atomic mass is 10.2. The van der Waals surface area contributed by atoms with E-state index in [9.17, 15) is 0 Å². The summed E-state index contributed by atoms with van der Waals surface area (Å²) in [4.78, 5) is 0. The Morgan fingerprint density at radius 2 is 1.38 bits per heavy atom. The van der Waals surface area contributed by atoms with Gasteiger partial charge in [-0.25, -0.2) is 0 Å². The molecule has 0 atom stereocenters. The molecule has 0 bridgehead atoms. The molecule has 0 saturated heterocycles. The first-order valence-corrected chi connectivity index (χ1v) is 9.49. The Hall–Kier alpha value is 0.597. The molecule has 0 saturated carbocycles. The fraction of sp³-hybridized carbons (Fsp3) is 0.250. The Morgan fingerprint density at radius 1 is 0.923 bits per heavy atom. The Labute approximate surface area is 97.9 Å². The molecule has 72 valence electrons. The van der Waals surface area contributed by atoms with E-state index in [-0.39, 0.29) is 0 Å². The highest BCUT2D eigenvalue weighted by Crippen LogP contribution is 2.24. The van der Waals surface area contributed by atoms with E-state index in [1.54, 1.807) is 0 Å². The maximum atomic E-state index is 5.79. The predicted molar refractivity (Wildman–Crippen MR) is 63.0 cm³/mol. The molecule has 0 N–H and O–H groups in total. The molecular weight excluding hydrogens is 266 g/mol. The Balaban J connectivity index is 2.70. The molecule has 0 spiro atoms. The summed E-state index contributed by atoms with van der Waals surface area (Å²) in [7, 11) is 0. The first-order chi connectivity index (χ1) is 6.01. The lowest BCUT2D eigenvalue weighted by Gasteiger charge is -2.07. The van der Waals surface area contributed by atoms with Crippen molar-refractivity contribution in [1.29, 1.82) is 0 Å². The van der Waals surface area contributed by atoms with Crippen LogP contribution in [0.1, 0.15) is 11.1 Å². The van der Waals surface area contributed by atoms with E-state index >= 15 is 0 Å². The molecule has 0 nitrogen and oxygen atoms in total. The van der Waals surface area contributed by atoms with Gasteiger partial charge < -0.3 is 0 Å². The first kappa shape index (κ1) is 11.7. The molecule has 0 unspecified atom stereocenters. The van der Waals surface area contributed by atoms with Gasteiger partial charge in [0.1, 0.15) is 0 Å². The van der Waals surface area contributed by atoms with Gasteiger partial charge in [0.15, 0.2) is 0 Å². The Kier molecular flexibility index (Phi) is 4.40. The van der Waals surface area contributed by atoms with Crippen LogP contribution in [0.3, 0.4) is 0 Å². The number of halogens is 4. The Morgan fingerprint density at radius 3 is 1.77 bits per heavy atom. The Bertz CT molecular complexity index is 264. The zero-order valence-electron chi connectivity index (χ0n) is 6.74. The topological polar surface area (TPSA) is 0 Å². The maximum Gasteiger partial charge on any atom is 0.345 e. The number of hydrogen-bond acceptors (Lipinski definition) is 0. The third-order valence-corrected chi connectivity index (χ3v) is 3.90. The van der Waals surface area contributed by atoms with Gasteiger partial charge in [-0.1, -0.05) is 24.3 Å². The largest absolute Gasteiger partial charge is 0.345 e. The molecule has 1 aromatic carbocycles. The second-order valence-electron chi connectivity index (χ2n) is 2.74. The molecule has 0 aliphatic rings. The normalized spacial score (nSPS) is 11.7. The van der Waals surface area contributed by atoms with Crippen molar-refractivity contribution in [2.75, 3.05) is 0 Å². The third-order valence-electron chi connectivity index (χ3n) is 1.58. The van der Waals surface area contributed by atoms with Gasteiger partial charge in [0.2, 0.25) is 0 Å². The molecule has 0 radical (unpaired) electrons. The standard InChI is InChI=1S/C8H8Cl4Si/c9-5-7-1-3-8(4-2-7)6-13(10,11)12/h1-4H,5-6H2. The SMILES string of the molecule is ClCc1ccc(C[Si](Cl)(Cl)Cl)cc1. The van der Waals surface area contributed by atoms with Crippen molar-refractivity contribution in [2.45, 2.75) is 11.9 Å². The van der Waals surface area contributed by atoms with E-state index in [4.69, 9.17) is 44.8 Å². The van der Waals surface area contributed by atoms with Crippen molar-refractivity contribution in [3.8, 4) is 0 Å². The van der Waals surface area contributed by atoms with Gasteiger partial charge >= 0.3 is 6.00 Å². The number of rotatable bonds is 3. The summed E-state index contributed by atoms with van der Waals surface area (Å²) in [6.07, 6.45) is 0. The summed E-state index contributed by atoms with van der Waals surface area (Å²) in [5, 5.41) is 0. The van der Waals surface area contributed by atoms with Crippen molar-refractivity contribution in [3.05, 3.63) is 35.4 Å². The van der Waals surface area contributed by atoms with Crippen molar-refractivity contribution in [2.24, 2.45) is 0 Å². The van der Waals surface area contributed by atoms with E-state index in [2.05, 4.69) is 0 Å². The van der Waals surface area contributed by atoms with Crippen LogP contribution < -0.4 is 0 Å². The second-order valence-corrected chi connectivity index (χ2v) is 12.1. The minimum absolute atomic E-state index is 0.519. The number of benzene rings is 1. The minimum Gasteiger partial charge on any atom is -0.126 e. The van der Waals surface area contributed by atoms with Crippen molar-refractivity contribution in [1.82, 2.24) is 0 Å². The van der Waals surface area contributed by atoms with Gasteiger partial charge in [-0.15, -0.1) is 44.8 Å². The van der Waals surface area contributed by atoms with Gasteiger partial charge in [0, 0.05) is 11.9 Å². The molecule has 0 aliphatic heterocycles. The van der Waals surface area contributed by atoms with Gasteiger partial charge in [-0.2, -0.15) is 0 Å². The van der Waals surface area contributed by atoms with E-state index in [1.165, 1.54) is 0 Å². The zero-order chi connectivity index (χ0) is 9.90. The van der Waals surface area contributed by atoms with Crippen LogP contribution in [0, 0.1) is 0 Å². The van der Waals surface area contributed by atoms with Crippen LogP contribution in [-0.2, 0) is 11.9 Å². The van der Waals surface area contributed by atoms with Gasteiger partial charge in [0.25, 0.3) is 0 Å². The average molecular weight is 274 g/mol. The molecular formula is C8H8Cl4Si. The first-order valence-electron chi connectivity index (χ1n) is 3.72. The van der Waals surface area contributed by atoms with Crippen LogP contribution in [0.5, 0.6) is 0 Å². The van der Waals surface area contributed by atoms with Crippen LogP contribution in [0.25, 0.3) is 0 Å². The molecule has 0 fully saturated rings. The predicted octanol–water partition coefficient (Wildman–Crippen LogP) is 4.16. The average Bonchev–Trinajstić information content (AvgIpc) is 2.03. The summed E-state index contributed by atoms with van der Waals surface area (Å²) >= 11 is 23.0. The molecule has 0 aromatic heterocycles. The van der Waals surface area contributed by atoms with Crippen molar-refractivity contribution >= 4 is 50.8 Å². The van der Waals surface area contributed by atoms with Crippen LogP contribution in [0.15, 0.2) is 24.3 Å². The van der Waals surface area contributed by atoms with Gasteiger partial charge in [-0.05, 0) is 11.1 Å². The monoisotopic (exact) mass is 272 g/mol. The fourth-order valence-corrected chi connectivity index (χ4v) is 3.24. The molecule has 1 aromatic rings. The zero-order valence-corrected chi connectivity index (χ0v) is 10.8. The molecule has 13 heavy (non-hydrogen) atoms. The third kappa shape index (κ3) is 4.57. The fourth-order valence-electron chi connectivity index (χ4n) is 0.978. The molecule has 1 rings (SSSR count). The molecule has 0 heterocycles. The van der Waals surface area contributed by atoms with E-state index in [0.29, 0.717) is 11.9 Å². The van der Waals surface area contributed by atoms with Crippen LogP contribution >= 0.6 is 44.8 Å². The maximum absolute atomic E-state index is 5.79. The van der Waals surface area contributed by atoms with Crippen LogP contribution in [0.2, 0.25) is 0 Å². The van der Waals surface area contributed by atoms with Crippen molar-refractivity contribution < 1.29 is 0 Å². The second kappa shape index (κ2) is 4.90. The number of hydrogen-bond donors (Lipinski definition) is 0. The van der Waals surface area contributed by atoms with Crippen LogP contribution in [0.4, 0.5) is 0 Å². The van der Waals surface area contributed by atoms with Crippen molar-refractivity contribution in [3.63, 3.8) is 0 Å². The summed E-state index contributed by atoms with van der Waals surface area (Å²) in [6, 6.07) is 5.82. The highest BCUT2D eigenvalue weighted by molar-refractivity contribution is 7.64. The smallest absolute Gasteiger partial charge is 0.126 e. The van der Waals surface area contributed by atoms with Crippen LogP contribution in [-0.4, -0.2) is 6.00 Å². The quantitative estimate of drug-likeness (QED) is 0.441. The lowest BCUT2D eigenvalue weighted by Crippen LogP contribution is -2.14. The van der Waals surface area contributed by atoms with E-state index < -0.39 is 6.00 Å². The lowest BCUT2D eigenvalue weighted by molar-refractivity contribution is 1.32. The minimum atomic E-state index is -2.54. The van der Waals surface area contributed by atoms with Gasteiger partial charge in [-0.3, -0.25) is 0 Å². The van der Waals surface area contributed by atoms with E-state index in [1.807, 2.05) is 24.3 Å². The highest BCUT2D eigenvalue weighted by atomic mass is 35.8. The highest BCUT2D eigenvalue weighted by Gasteiger charge is 2.24. The van der Waals surface area contributed by atoms with E-state index in [0.717, 1.165) is 11.1 Å². The summed E-state index contributed by atoms with van der Waals surface area (Å²) in [6.45, 7) is 0. The summed E-state index contributed by atoms with van der Waals surface area (Å²) in [5.74, 6) is 0.519.